The Hall–Kier alpha value is -1.79. The number of ether oxygens (including phenoxy) is 3. The summed E-state index contributed by atoms with van der Waals surface area (Å²) in [6.45, 7) is 1.69. The largest absolute Gasteiger partial charge is 0.493 e. The highest BCUT2D eigenvalue weighted by Gasteiger charge is 2.39. The first-order valence-corrected chi connectivity index (χ1v) is 9.90. The van der Waals surface area contributed by atoms with Crippen LogP contribution in [0.4, 0.5) is 0 Å². The summed E-state index contributed by atoms with van der Waals surface area (Å²) in [5, 5.41) is 3.18. The Morgan fingerprint density at radius 1 is 1.07 bits per heavy atom. The summed E-state index contributed by atoms with van der Waals surface area (Å²) in [6.07, 6.45) is 6.79. The van der Waals surface area contributed by atoms with Gasteiger partial charge >= 0.3 is 0 Å². The molecule has 6 nitrogen and oxygen atoms in total. The van der Waals surface area contributed by atoms with E-state index in [-0.39, 0.29) is 11.3 Å². The van der Waals surface area contributed by atoms with Gasteiger partial charge in [0.15, 0.2) is 11.5 Å². The third-order valence-corrected chi connectivity index (χ3v) is 6.23. The molecule has 1 aromatic rings. The van der Waals surface area contributed by atoms with E-state index >= 15 is 0 Å². The Labute approximate surface area is 161 Å². The fraction of sp³-hybridized carbons (Fsp3) is 0.667. The third-order valence-electron chi connectivity index (χ3n) is 6.23. The number of carbonyl (C=O) groups excluding carboxylic acids is 1. The molecule has 1 amide bonds. The number of nitrogens with one attached hydrogen (secondary N) is 1. The molecule has 1 aliphatic carbocycles. The van der Waals surface area contributed by atoms with Crippen LogP contribution in [0.1, 0.15) is 50.5 Å². The van der Waals surface area contributed by atoms with Crippen molar-refractivity contribution in [1.82, 2.24) is 5.32 Å². The Morgan fingerprint density at radius 3 is 2.37 bits per heavy atom. The number of hydrogen-bond acceptors (Lipinski definition) is 5. The molecule has 1 heterocycles. The number of hydrogen-bond donors (Lipinski definition) is 2. The molecule has 0 aromatic heterocycles. The van der Waals surface area contributed by atoms with E-state index in [1.54, 1.807) is 14.2 Å². The molecule has 0 bridgehead atoms. The van der Waals surface area contributed by atoms with E-state index in [0.717, 1.165) is 37.2 Å². The van der Waals surface area contributed by atoms with Gasteiger partial charge in [0.1, 0.15) is 0 Å². The second-order valence-corrected chi connectivity index (χ2v) is 7.86. The standard InChI is InChI=1S/C21H32N2O4/c1-25-17-7-6-16(14-18(17)26-2)20(8-4-3-5-9-20)15-23-19(24)21(22)10-12-27-13-11-21/h6-7,14H,3-5,8-13,15,22H2,1-2H3,(H,23,24). The van der Waals surface area contributed by atoms with Gasteiger partial charge in [0, 0.05) is 25.2 Å². The first-order chi connectivity index (χ1) is 13.0. The highest BCUT2D eigenvalue weighted by atomic mass is 16.5. The molecular formula is C21H32N2O4. The van der Waals surface area contributed by atoms with Crippen molar-refractivity contribution in [2.75, 3.05) is 34.0 Å². The van der Waals surface area contributed by atoms with Crippen LogP contribution in [-0.2, 0) is 14.9 Å². The molecule has 1 saturated carbocycles. The fourth-order valence-electron chi connectivity index (χ4n) is 4.35. The van der Waals surface area contributed by atoms with Gasteiger partial charge in [-0.15, -0.1) is 0 Å². The normalized spacial score (nSPS) is 21.3. The molecule has 0 spiro atoms. The summed E-state index contributed by atoms with van der Waals surface area (Å²) < 4.78 is 16.2. The highest BCUT2D eigenvalue weighted by Crippen LogP contribution is 2.42. The lowest BCUT2D eigenvalue weighted by atomic mass is 9.69. The van der Waals surface area contributed by atoms with Gasteiger partial charge in [-0.05, 0) is 43.4 Å². The number of carbonyl (C=O) groups is 1. The third kappa shape index (κ3) is 4.22. The first kappa shape index (κ1) is 20.0. The lowest BCUT2D eigenvalue weighted by molar-refractivity contribution is -0.130. The zero-order valence-corrected chi connectivity index (χ0v) is 16.5. The van der Waals surface area contributed by atoms with Gasteiger partial charge in [0.2, 0.25) is 5.91 Å². The zero-order chi connectivity index (χ0) is 19.3. The number of benzene rings is 1. The molecule has 1 saturated heterocycles. The first-order valence-electron chi connectivity index (χ1n) is 9.90. The molecule has 1 aromatic carbocycles. The highest BCUT2D eigenvalue weighted by molar-refractivity contribution is 5.86. The van der Waals surface area contributed by atoms with Crippen LogP contribution in [0.5, 0.6) is 11.5 Å². The second kappa shape index (κ2) is 8.48. The van der Waals surface area contributed by atoms with Crippen molar-refractivity contribution in [3.63, 3.8) is 0 Å². The zero-order valence-electron chi connectivity index (χ0n) is 16.5. The van der Waals surface area contributed by atoms with Crippen LogP contribution >= 0.6 is 0 Å². The molecule has 150 valence electrons. The minimum absolute atomic E-state index is 0.0591. The van der Waals surface area contributed by atoms with E-state index in [1.165, 1.54) is 12.0 Å². The van der Waals surface area contributed by atoms with Crippen molar-refractivity contribution in [3.05, 3.63) is 23.8 Å². The summed E-state index contributed by atoms with van der Waals surface area (Å²) in [4.78, 5) is 12.8. The fourth-order valence-corrected chi connectivity index (χ4v) is 4.35. The van der Waals surface area contributed by atoms with E-state index in [4.69, 9.17) is 19.9 Å². The van der Waals surface area contributed by atoms with Crippen LogP contribution in [0.2, 0.25) is 0 Å². The maximum absolute atomic E-state index is 12.8. The maximum Gasteiger partial charge on any atom is 0.240 e. The summed E-state index contributed by atoms with van der Waals surface area (Å²) >= 11 is 0. The predicted molar refractivity (Wildman–Crippen MR) is 104 cm³/mol. The predicted octanol–water partition coefficient (Wildman–Crippen LogP) is 2.53. The summed E-state index contributed by atoms with van der Waals surface area (Å²) in [5.74, 6) is 1.39. The second-order valence-electron chi connectivity index (χ2n) is 7.86. The molecule has 2 aliphatic rings. The average molecular weight is 376 g/mol. The lowest BCUT2D eigenvalue weighted by Gasteiger charge is -2.40. The molecule has 2 fully saturated rings. The number of methoxy groups -OCH3 is 2. The van der Waals surface area contributed by atoms with Crippen LogP contribution in [0.15, 0.2) is 18.2 Å². The Bertz CT molecular complexity index is 650. The Balaban J connectivity index is 1.80. The molecule has 0 unspecified atom stereocenters. The van der Waals surface area contributed by atoms with Crippen molar-refractivity contribution in [1.29, 1.82) is 0 Å². The number of nitrogens with two attached hydrogens (primary N) is 1. The van der Waals surface area contributed by atoms with Crippen molar-refractivity contribution in [2.24, 2.45) is 5.73 Å². The molecule has 0 radical (unpaired) electrons. The van der Waals surface area contributed by atoms with Crippen molar-refractivity contribution in [3.8, 4) is 11.5 Å². The summed E-state index contributed by atoms with van der Waals surface area (Å²) in [7, 11) is 3.29. The number of rotatable bonds is 6. The van der Waals surface area contributed by atoms with Crippen LogP contribution < -0.4 is 20.5 Å². The molecule has 3 N–H and O–H groups in total. The lowest BCUT2D eigenvalue weighted by Crippen LogP contribution is -2.58. The van der Waals surface area contributed by atoms with Gasteiger partial charge in [-0.2, -0.15) is 0 Å². The van der Waals surface area contributed by atoms with Crippen molar-refractivity contribution >= 4 is 5.91 Å². The molecular weight excluding hydrogens is 344 g/mol. The summed E-state index contributed by atoms with van der Waals surface area (Å²) in [6, 6.07) is 6.11. The van der Waals surface area contributed by atoms with Gasteiger partial charge in [-0.3, -0.25) is 4.79 Å². The van der Waals surface area contributed by atoms with Crippen LogP contribution in [0, 0.1) is 0 Å². The van der Waals surface area contributed by atoms with Crippen LogP contribution in [-0.4, -0.2) is 45.4 Å². The van der Waals surface area contributed by atoms with E-state index in [1.807, 2.05) is 6.07 Å². The van der Waals surface area contributed by atoms with Gasteiger partial charge in [0.25, 0.3) is 0 Å². The van der Waals surface area contributed by atoms with Gasteiger partial charge in [-0.25, -0.2) is 0 Å². The SMILES string of the molecule is COc1ccc(C2(CNC(=O)C3(N)CCOCC3)CCCCC2)cc1OC. The molecule has 27 heavy (non-hydrogen) atoms. The minimum Gasteiger partial charge on any atom is -0.493 e. The molecule has 0 atom stereocenters. The monoisotopic (exact) mass is 376 g/mol. The smallest absolute Gasteiger partial charge is 0.240 e. The maximum atomic E-state index is 12.8. The Morgan fingerprint density at radius 2 is 1.74 bits per heavy atom. The quantitative estimate of drug-likeness (QED) is 0.797. The number of amides is 1. The van der Waals surface area contributed by atoms with Crippen LogP contribution in [0.25, 0.3) is 0 Å². The van der Waals surface area contributed by atoms with E-state index < -0.39 is 5.54 Å². The van der Waals surface area contributed by atoms with Crippen molar-refractivity contribution < 1.29 is 19.0 Å². The topological polar surface area (TPSA) is 82.8 Å². The van der Waals surface area contributed by atoms with Gasteiger partial charge < -0.3 is 25.3 Å². The van der Waals surface area contributed by atoms with Gasteiger partial charge in [-0.1, -0.05) is 25.3 Å². The van der Waals surface area contributed by atoms with E-state index in [9.17, 15) is 4.79 Å². The summed E-state index contributed by atoms with van der Waals surface area (Å²) in [5.41, 5.74) is 6.65. The Kier molecular flexibility index (Phi) is 6.27. The minimum atomic E-state index is -0.814. The van der Waals surface area contributed by atoms with Crippen LogP contribution in [0.3, 0.4) is 0 Å². The molecule has 6 heteroatoms. The van der Waals surface area contributed by atoms with Gasteiger partial charge in [0.05, 0.1) is 19.8 Å². The molecule has 1 aliphatic heterocycles. The van der Waals surface area contributed by atoms with E-state index in [2.05, 4.69) is 17.4 Å². The average Bonchev–Trinajstić information content (AvgIpc) is 2.72. The van der Waals surface area contributed by atoms with E-state index in [0.29, 0.717) is 32.6 Å². The molecule has 3 rings (SSSR count). The van der Waals surface area contributed by atoms with Crippen molar-refractivity contribution in [2.45, 2.75) is 55.9 Å².